The predicted octanol–water partition coefficient (Wildman–Crippen LogP) is 16.7. The van der Waals surface area contributed by atoms with Gasteiger partial charge in [0, 0.05) is 55.2 Å². The molecule has 0 saturated heterocycles. The van der Waals surface area contributed by atoms with E-state index in [9.17, 15) is 0 Å². The van der Waals surface area contributed by atoms with Crippen molar-refractivity contribution in [2.45, 2.75) is 0 Å². The maximum atomic E-state index is 5.52. The zero-order valence-corrected chi connectivity index (χ0v) is 40.8. The van der Waals surface area contributed by atoms with Gasteiger partial charge in [0.05, 0.1) is 89.7 Å². The molecule has 8 aromatic heterocycles. The fourth-order valence-corrected chi connectivity index (χ4v) is 11.9. The van der Waals surface area contributed by atoms with Gasteiger partial charge in [-0.25, -0.2) is 19.9 Å². The first-order valence-corrected chi connectivity index (χ1v) is 25.6. The third-order valence-corrected chi connectivity index (χ3v) is 15.2. The fraction of sp³-hybridized carbons (Fsp3) is 0. The average molecular weight is 971 g/mol. The summed E-state index contributed by atoms with van der Waals surface area (Å²) in [5.74, 6) is 1.60. The molecule has 8 aromatic carbocycles. The maximum absolute atomic E-state index is 5.52. The summed E-state index contributed by atoms with van der Waals surface area (Å²) in [6.45, 7) is 0. The van der Waals surface area contributed by atoms with Crippen molar-refractivity contribution in [2.24, 2.45) is 0 Å². The third kappa shape index (κ3) is 6.37. The van der Waals surface area contributed by atoms with Gasteiger partial charge in [0.15, 0.2) is 0 Å². The highest BCUT2D eigenvalue weighted by Crippen LogP contribution is 2.39. The van der Waals surface area contributed by atoms with Crippen molar-refractivity contribution in [1.82, 2.24) is 38.2 Å². The van der Waals surface area contributed by atoms with Crippen LogP contribution < -0.4 is 0 Å². The molecule has 0 aliphatic heterocycles. The van der Waals surface area contributed by atoms with Gasteiger partial charge in [-0.3, -0.25) is 9.13 Å². The molecule has 0 N–H and O–H groups in total. The zero-order valence-electron chi connectivity index (χ0n) is 40.8. The summed E-state index contributed by atoms with van der Waals surface area (Å²) in [5, 5.41) is 9.46. The van der Waals surface area contributed by atoms with Crippen LogP contribution in [0.3, 0.4) is 0 Å². The Morgan fingerprint density at radius 3 is 0.671 bits per heavy atom. The minimum absolute atomic E-state index is 0.725. The first kappa shape index (κ1) is 42.1. The monoisotopic (exact) mass is 970 g/mol. The molecule has 0 aliphatic rings. The van der Waals surface area contributed by atoms with Gasteiger partial charge >= 0.3 is 0 Å². The van der Waals surface area contributed by atoms with Crippen molar-refractivity contribution in [3.8, 4) is 57.2 Å². The lowest BCUT2D eigenvalue weighted by Crippen LogP contribution is -2.04. The predicted molar refractivity (Wildman–Crippen MR) is 311 cm³/mol. The summed E-state index contributed by atoms with van der Waals surface area (Å²) < 4.78 is 9.29. The van der Waals surface area contributed by atoms with Crippen LogP contribution in [0.25, 0.3) is 144 Å². The molecule has 0 saturated carbocycles. The van der Waals surface area contributed by atoms with Crippen LogP contribution in [0, 0.1) is 0 Å². The minimum Gasteiger partial charge on any atom is -0.309 e. The van der Waals surface area contributed by atoms with E-state index in [2.05, 4.69) is 261 Å². The summed E-state index contributed by atoms with van der Waals surface area (Å²) in [6.07, 6.45) is 0. The molecule has 0 radical (unpaired) electrons. The largest absolute Gasteiger partial charge is 0.309 e. The van der Waals surface area contributed by atoms with Crippen LogP contribution in [0.2, 0.25) is 0 Å². The molecule has 354 valence electrons. The molecule has 16 aromatic rings. The van der Waals surface area contributed by atoms with E-state index in [1.165, 1.54) is 43.1 Å². The fourth-order valence-electron chi connectivity index (χ4n) is 11.9. The Morgan fingerprint density at radius 1 is 0.184 bits per heavy atom. The molecule has 0 aliphatic carbocycles. The number of rotatable bonds is 7. The smallest absolute Gasteiger partial charge is 0.140 e. The Kier molecular flexibility index (Phi) is 9.17. The summed E-state index contributed by atoms with van der Waals surface area (Å²) in [7, 11) is 0. The normalized spacial score (nSPS) is 11.9. The standard InChI is InChI=1S/C68H42N8/c1-9-31-59-45(19-1)46-20-2-10-32-60(46)73(59)43-39-57(71-67(41-43)75-63-35-13-5-23-49(63)50-24-6-14-36-64(50)75)55-29-17-27-53(69-55)54-28-18-30-56(70-54)58-40-44(74-61-33-11-3-21-47(61)48-22-4-12-34-62(48)74)42-68(72-58)76-65-37-15-7-25-51(65)52-26-8-16-38-66(52)76/h1-42H. The first-order valence-electron chi connectivity index (χ1n) is 25.6. The SMILES string of the molecule is c1cc(-c2cccc(-c3cc(-n4c5ccccc5c5ccccc54)cc(-n4c5ccccc5c5ccccc54)n3)n2)nc(-c2cc(-n3c4ccccc4c4ccccc43)cc(-n3c4ccccc4c4ccccc43)n2)c1. The number of benzene rings is 8. The van der Waals surface area contributed by atoms with Crippen molar-refractivity contribution in [3.05, 3.63) is 255 Å². The van der Waals surface area contributed by atoms with Crippen molar-refractivity contribution in [2.75, 3.05) is 0 Å². The molecule has 8 heteroatoms. The number of hydrogen-bond acceptors (Lipinski definition) is 4. The maximum Gasteiger partial charge on any atom is 0.140 e. The van der Waals surface area contributed by atoms with Crippen LogP contribution in [0.5, 0.6) is 0 Å². The second-order valence-electron chi connectivity index (χ2n) is 19.4. The zero-order chi connectivity index (χ0) is 49.8. The van der Waals surface area contributed by atoms with E-state index in [1.54, 1.807) is 0 Å². The molecule has 0 amide bonds. The van der Waals surface area contributed by atoms with Crippen molar-refractivity contribution in [1.29, 1.82) is 0 Å². The van der Waals surface area contributed by atoms with Crippen LogP contribution in [0.4, 0.5) is 0 Å². The Hall–Kier alpha value is -10.4. The first-order chi connectivity index (χ1) is 37.7. The van der Waals surface area contributed by atoms with Gasteiger partial charge in [-0.05, 0) is 84.9 Å². The van der Waals surface area contributed by atoms with Crippen molar-refractivity contribution < 1.29 is 0 Å². The van der Waals surface area contributed by atoms with E-state index in [0.29, 0.717) is 0 Å². The highest BCUT2D eigenvalue weighted by molar-refractivity contribution is 6.12. The summed E-state index contributed by atoms with van der Waals surface area (Å²) in [6, 6.07) is 89.9. The molecule has 8 heterocycles. The number of hydrogen-bond donors (Lipinski definition) is 0. The molecule has 0 spiro atoms. The van der Waals surface area contributed by atoms with Crippen LogP contribution in [0.15, 0.2) is 255 Å². The van der Waals surface area contributed by atoms with Gasteiger partial charge in [-0.15, -0.1) is 0 Å². The van der Waals surface area contributed by atoms with Gasteiger partial charge in [0.25, 0.3) is 0 Å². The highest BCUT2D eigenvalue weighted by atomic mass is 15.1. The molecule has 0 fully saturated rings. The van der Waals surface area contributed by atoms with E-state index in [-0.39, 0.29) is 0 Å². The third-order valence-electron chi connectivity index (χ3n) is 15.2. The summed E-state index contributed by atoms with van der Waals surface area (Å²) in [4.78, 5) is 21.9. The van der Waals surface area contributed by atoms with Gasteiger partial charge in [-0.2, -0.15) is 0 Å². The number of pyridine rings is 4. The quantitative estimate of drug-likeness (QED) is 0.160. The van der Waals surface area contributed by atoms with E-state index in [0.717, 1.165) is 101 Å². The van der Waals surface area contributed by atoms with E-state index in [1.807, 2.05) is 12.1 Å². The molecular weight excluding hydrogens is 929 g/mol. The van der Waals surface area contributed by atoms with Crippen LogP contribution in [-0.2, 0) is 0 Å². The van der Waals surface area contributed by atoms with Crippen LogP contribution in [0.1, 0.15) is 0 Å². The van der Waals surface area contributed by atoms with E-state index in [4.69, 9.17) is 19.9 Å². The Morgan fingerprint density at radius 2 is 0.408 bits per heavy atom. The number of nitrogens with zero attached hydrogens (tertiary/aromatic N) is 8. The lowest BCUT2D eigenvalue weighted by Gasteiger charge is -2.15. The van der Waals surface area contributed by atoms with Crippen molar-refractivity contribution >= 4 is 87.2 Å². The molecule has 0 atom stereocenters. The second-order valence-corrected chi connectivity index (χ2v) is 19.4. The Labute approximate surface area is 435 Å². The lowest BCUT2D eigenvalue weighted by atomic mass is 10.1. The lowest BCUT2D eigenvalue weighted by molar-refractivity contribution is 1.05. The molecule has 76 heavy (non-hydrogen) atoms. The van der Waals surface area contributed by atoms with Crippen LogP contribution >= 0.6 is 0 Å². The molecule has 8 nitrogen and oxygen atoms in total. The van der Waals surface area contributed by atoms with E-state index >= 15 is 0 Å². The van der Waals surface area contributed by atoms with Gasteiger partial charge in [-0.1, -0.05) is 158 Å². The molecule has 16 rings (SSSR count). The van der Waals surface area contributed by atoms with E-state index < -0.39 is 0 Å². The molecule has 0 unspecified atom stereocenters. The Balaban J connectivity index is 0.887. The second kappa shape index (κ2) is 16.5. The average Bonchev–Trinajstić information content (AvgIpc) is 4.23. The van der Waals surface area contributed by atoms with Gasteiger partial charge in [0.1, 0.15) is 11.6 Å². The number of aromatic nitrogens is 8. The molecule has 0 bridgehead atoms. The van der Waals surface area contributed by atoms with Gasteiger partial charge in [0.2, 0.25) is 0 Å². The molecular formula is C68H42N8. The number of para-hydroxylation sites is 8. The topological polar surface area (TPSA) is 71.3 Å². The Bertz CT molecular complexity index is 4240. The van der Waals surface area contributed by atoms with Crippen molar-refractivity contribution in [3.63, 3.8) is 0 Å². The number of fused-ring (bicyclic) bond motifs is 12. The highest BCUT2D eigenvalue weighted by Gasteiger charge is 2.22. The minimum atomic E-state index is 0.725. The summed E-state index contributed by atoms with van der Waals surface area (Å²) >= 11 is 0. The van der Waals surface area contributed by atoms with Crippen LogP contribution in [-0.4, -0.2) is 38.2 Å². The van der Waals surface area contributed by atoms with Gasteiger partial charge < -0.3 is 9.13 Å². The summed E-state index contributed by atoms with van der Waals surface area (Å²) in [5.41, 5.74) is 15.2.